The standard InChI is InChI=1S/C20H24O3S/c1-16(2)13-14-23-19(21)15-24(22)20(17-9-5-3-6-10-17)18-11-7-4-8-12-18/h3-12,16,20H,13-15H2,1-2H3. The predicted molar refractivity (Wildman–Crippen MR) is 98.2 cm³/mol. The highest BCUT2D eigenvalue weighted by molar-refractivity contribution is 7.86. The Hall–Kier alpha value is -1.94. The highest BCUT2D eigenvalue weighted by Gasteiger charge is 2.23. The number of hydrogen-bond donors (Lipinski definition) is 0. The first-order valence-electron chi connectivity index (χ1n) is 8.20. The van der Waals surface area contributed by atoms with Crippen LogP contribution in [0.5, 0.6) is 0 Å². The molecule has 0 aromatic heterocycles. The molecule has 24 heavy (non-hydrogen) atoms. The molecule has 0 heterocycles. The number of rotatable bonds is 8. The van der Waals surface area contributed by atoms with Gasteiger partial charge in [-0.2, -0.15) is 0 Å². The molecule has 0 saturated carbocycles. The molecule has 4 heteroatoms. The zero-order valence-corrected chi connectivity index (χ0v) is 15.0. The normalized spacial score (nSPS) is 12.3. The third-order valence-corrected chi connectivity index (χ3v) is 5.28. The van der Waals surface area contributed by atoms with Gasteiger partial charge in [0.15, 0.2) is 0 Å². The summed E-state index contributed by atoms with van der Waals surface area (Å²) in [5.41, 5.74) is 1.88. The average Bonchev–Trinajstić information content (AvgIpc) is 2.56. The first-order chi connectivity index (χ1) is 11.6. The molecule has 0 N–H and O–H groups in total. The summed E-state index contributed by atoms with van der Waals surface area (Å²) < 4.78 is 18.1. The van der Waals surface area contributed by atoms with Gasteiger partial charge in [-0.3, -0.25) is 9.00 Å². The Morgan fingerprint density at radius 2 is 1.46 bits per heavy atom. The van der Waals surface area contributed by atoms with Crippen molar-refractivity contribution in [2.45, 2.75) is 25.5 Å². The molecule has 1 unspecified atom stereocenters. The Balaban J connectivity index is 2.10. The molecule has 0 fully saturated rings. The summed E-state index contributed by atoms with van der Waals surface area (Å²) in [5, 5.41) is -0.329. The zero-order chi connectivity index (χ0) is 17.4. The monoisotopic (exact) mass is 344 g/mol. The summed E-state index contributed by atoms with van der Waals surface area (Å²) in [4.78, 5) is 12.0. The van der Waals surface area contributed by atoms with Crippen molar-refractivity contribution >= 4 is 16.8 Å². The summed E-state index contributed by atoms with van der Waals surface area (Å²) in [6.07, 6.45) is 0.819. The smallest absolute Gasteiger partial charge is 0.318 e. The topological polar surface area (TPSA) is 43.4 Å². The largest absolute Gasteiger partial charge is 0.465 e. The van der Waals surface area contributed by atoms with E-state index in [-0.39, 0.29) is 11.0 Å². The fraction of sp³-hybridized carbons (Fsp3) is 0.350. The van der Waals surface area contributed by atoms with E-state index in [0.717, 1.165) is 17.5 Å². The van der Waals surface area contributed by atoms with Crippen LogP contribution in [-0.4, -0.2) is 22.5 Å². The first-order valence-corrected chi connectivity index (χ1v) is 9.59. The van der Waals surface area contributed by atoms with Gasteiger partial charge in [-0.25, -0.2) is 0 Å². The van der Waals surface area contributed by atoms with E-state index in [1.807, 2.05) is 60.7 Å². The quantitative estimate of drug-likeness (QED) is 0.677. The third kappa shape index (κ3) is 5.60. The van der Waals surface area contributed by atoms with Crippen molar-refractivity contribution in [2.24, 2.45) is 5.92 Å². The molecule has 0 aliphatic heterocycles. The summed E-state index contributed by atoms with van der Waals surface area (Å²) >= 11 is 0. The van der Waals surface area contributed by atoms with Crippen LogP contribution < -0.4 is 0 Å². The maximum Gasteiger partial charge on any atom is 0.318 e. The molecule has 0 spiro atoms. The van der Waals surface area contributed by atoms with Crippen LogP contribution in [0.3, 0.4) is 0 Å². The molecular formula is C20H24O3S. The van der Waals surface area contributed by atoms with Gasteiger partial charge in [0.25, 0.3) is 0 Å². The summed E-state index contributed by atoms with van der Waals surface area (Å²) in [6, 6.07) is 19.3. The second kappa shape index (κ2) is 9.38. The predicted octanol–water partition coefficient (Wildman–Crippen LogP) is 4.11. The SMILES string of the molecule is CC(C)CCOC(=O)CS(=O)C(c1ccccc1)c1ccccc1. The van der Waals surface area contributed by atoms with E-state index in [2.05, 4.69) is 13.8 Å². The number of benzene rings is 2. The van der Waals surface area contributed by atoms with Gasteiger partial charge in [0, 0.05) is 10.8 Å². The fourth-order valence-corrected chi connectivity index (χ4v) is 3.80. The molecule has 0 radical (unpaired) electrons. The van der Waals surface area contributed by atoms with Gasteiger partial charge in [0.05, 0.1) is 11.9 Å². The van der Waals surface area contributed by atoms with Crippen LogP contribution >= 0.6 is 0 Å². The van der Waals surface area contributed by atoms with E-state index in [9.17, 15) is 9.00 Å². The van der Waals surface area contributed by atoms with E-state index in [1.165, 1.54) is 0 Å². The molecule has 0 aliphatic rings. The van der Waals surface area contributed by atoms with E-state index in [4.69, 9.17) is 4.74 Å². The maximum atomic E-state index is 12.9. The van der Waals surface area contributed by atoms with Crippen molar-refractivity contribution in [3.8, 4) is 0 Å². The van der Waals surface area contributed by atoms with Crippen molar-refractivity contribution in [1.82, 2.24) is 0 Å². The summed E-state index contributed by atoms with van der Waals surface area (Å²) in [6.45, 7) is 4.54. The Morgan fingerprint density at radius 1 is 0.958 bits per heavy atom. The Morgan fingerprint density at radius 3 is 1.92 bits per heavy atom. The number of carbonyl (C=O) groups excluding carboxylic acids is 1. The fourth-order valence-electron chi connectivity index (χ4n) is 2.40. The van der Waals surface area contributed by atoms with Gasteiger partial charge in [0.2, 0.25) is 0 Å². The van der Waals surface area contributed by atoms with Gasteiger partial charge in [-0.15, -0.1) is 0 Å². The van der Waals surface area contributed by atoms with Crippen LogP contribution in [0.15, 0.2) is 60.7 Å². The average molecular weight is 344 g/mol. The third-order valence-electron chi connectivity index (χ3n) is 3.69. The maximum absolute atomic E-state index is 12.9. The minimum atomic E-state index is -1.38. The molecule has 0 saturated heterocycles. The van der Waals surface area contributed by atoms with Crippen LogP contribution in [0.25, 0.3) is 0 Å². The second-order valence-corrected chi connectivity index (χ2v) is 7.65. The van der Waals surface area contributed by atoms with Crippen LogP contribution in [0, 0.1) is 5.92 Å². The van der Waals surface area contributed by atoms with Gasteiger partial charge >= 0.3 is 5.97 Å². The van der Waals surface area contributed by atoms with Crippen LogP contribution in [0.4, 0.5) is 0 Å². The number of ether oxygens (including phenoxy) is 1. The lowest BCUT2D eigenvalue weighted by Crippen LogP contribution is -2.20. The Kier molecular flexibility index (Phi) is 7.19. The highest BCUT2D eigenvalue weighted by Crippen LogP contribution is 2.28. The molecule has 0 amide bonds. The molecule has 1 atom stereocenters. The van der Waals surface area contributed by atoms with Gasteiger partial charge in [-0.05, 0) is 23.5 Å². The van der Waals surface area contributed by atoms with E-state index < -0.39 is 16.8 Å². The number of esters is 1. The van der Waals surface area contributed by atoms with E-state index >= 15 is 0 Å². The van der Waals surface area contributed by atoms with Crippen LogP contribution in [-0.2, 0) is 20.3 Å². The van der Waals surface area contributed by atoms with Crippen molar-refractivity contribution in [2.75, 3.05) is 12.4 Å². The molecule has 3 nitrogen and oxygen atoms in total. The van der Waals surface area contributed by atoms with Crippen LogP contribution in [0.1, 0.15) is 36.6 Å². The second-order valence-electron chi connectivity index (χ2n) is 6.13. The van der Waals surface area contributed by atoms with Crippen LogP contribution in [0.2, 0.25) is 0 Å². The van der Waals surface area contributed by atoms with Crippen molar-refractivity contribution < 1.29 is 13.7 Å². The Bertz CT molecular complexity index is 614. The van der Waals surface area contributed by atoms with Crippen molar-refractivity contribution in [3.05, 3.63) is 71.8 Å². The molecular weight excluding hydrogens is 320 g/mol. The molecule has 2 rings (SSSR count). The first kappa shape index (κ1) is 18.4. The molecule has 0 bridgehead atoms. The highest BCUT2D eigenvalue weighted by atomic mass is 32.2. The minimum absolute atomic E-state index is 0.0907. The zero-order valence-electron chi connectivity index (χ0n) is 14.2. The lowest BCUT2D eigenvalue weighted by Gasteiger charge is -2.17. The number of carbonyl (C=O) groups is 1. The lowest BCUT2D eigenvalue weighted by atomic mass is 10.0. The van der Waals surface area contributed by atoms with Crippen molar-refractivity contribution in [1.29, 1.82) is 0 Å². The summed E-state index contributed by atoms with van der Waals surface area (Å²) in [5.74, 6) is -0.0115. The lowest BCUT2D eigenvalue weighted by molar-refractivity contribution is -0.140. The van der Waals surface area contributed by atoms with E-state index in [0.29, 0.717) is 12.5 Å². The van der Waals surface area contributed by atoms with Gasteiger partial charge in [0.1, 0.15) is 5.75 Å². The van der Waals surface area contributed by atoms with Crippen molar-refractivity contribution in [3.63, 3.8) is 0 Å². The molecule has 2 aromatic carbocycles. The minimum Gasteiger partial charge on any atom is -0.465 e. The van der Waals surface area contributed by atoms with Gasteiger partial charge in [-0.1, -0.05) is 74.5 Å². The summed E-state index contributed by atoms with van der Waals surface area (Å²) in [7, 11) is -1.38. The van der Waals surface area contributed by atoms with Gasteiger partial charge < -0.3 is 4.74 Å². The molecule has 0 aliphatic carbocycles. The molecule has 128 valence electrons. The number of hydrogen-bond acceptors (Lipinski definition) is 3. The van der Waals surface area contributed by atoms with E-state index in [1.54, 1.807) is 0 Å². The molecule has 2 aromatic rings. The Labute approximate surface area is 146 Å².